The second-order valence-electron chi connectivity index (χ2n) is 7.57. The maximum Gasteiger partial charge on any atom is 0.225 e. The van der Waals surface area contributed by atoms with E-state index in [0.29, 0.717) is 24.6 Å². The predicted octanol–water partition coefficient (Wildman–Crippen LogP) is 3.10. The second-order valence-corrected chi connectivity index (χ2v) is 7.57. The predicted molar refractivity (Wildman–Crippen MR) is 120 cm³/mol. The highest BCUT2D eigenvalue weighted by Gasteiger charge is 2.14. The molecule has 9 heteroatoms. The number of methoxy groups -OCH3 is 1. The van der Waals surface area contributed by atoms with Gasteiger partial charge in [0, 0.05) is 18.9 Å². The van der Waals surface area contributed by atoms with E-state index in [0.717, 1.165) is 28.1 Å². The highest BCUT2D eigenvalue weighted by atomic mass is 16.5. The number of aromatic nitrogens is 6. The van der Waals surface area contributed by atoms with Crippen molar-refractivity contribution in [3.63, 3.8) is 0 Å². The number of nitrogens with zero attached hydrogens (tertiary/aromatic N) is 6. The summed E-state index contributed by atoms with van der Waals surface area (Å²) >= 11 is 0. The summed E-state index contributed by atoms with van der Waals surface area (Å²) in [6.07, 6.45) is 2.33. The van der Waals surface area contributed by atoms with Crippen molar-refractivity contribution in [3.05, 3.63) is 77.2 Å². The van der Waals surface area contributed by atoms with Crippen LogP contribution in [0.4, 0.5) is 5.82 Å². The van der Waals surface area contributed by atoms with Crippen molar-refractivity contribution in [2.45, 2.75) is 33.2 Å². The molecule has 0 saturated carbocycles. The minimum Gasteiger partial charge on any atom is -0.497 e. The van der Waals surface area contributed by atoms with Crippen molar-refractivity contribution < 1.29 is 9.53 Å². The van der Waals surface area contributed by atoms with Crippen LogP contribution in [0.5, 0.6) is 5.75 Å². The van der Waals surface area contributed by atoms with E-state index >= 15 is 0 Å². The third kappa shape index (κ3) is 4.83. The lowest BCUT2D eigenvalue weighted by Gasteiger charge is -2.10. The van der Waals surface area contributed by atoms with Crippen LogP contribution < -0.4 is 10.1 Å². The number of hydrogen-bond donors (Lipinski definition) is 1. The fourth-order valence-electron chi connectivity index (χ4n) is 3.40. The summed E-state index contributed by atoms with van der Waals surface area (Å²) in [4.78, 5) is 12.6. The van der Waals surface area contributed by atoms with Gasteiger partial charge in [-0.05, 0) is 59.2 Å². The minimum absolute atomic E-state index is 0.128. The molecule has 0 aliphatic rings. The zero-order valence-electron chi connectivity index (χ0n) is 18.3. The molecular formula is C23H25N7O2. The van der Waals surface area contributed by atoms with E-state index in [2.05, 4.69) is 25.9 Å². The van der Waals surface area contributed by atoms with Crippen LogP contribution >= 0.6 is 0 Å². The van der Waals surface area contributed by atoms with Gasteiger partial charge < -0.3 is 10.1 Å². The van der Waals surface area contributed by atoms with Gasteiger partial charge in [0.1, 0.15) is 11.6 Å². The lowest BCUT2D eigenvalue weighted by molar-refractivity contribution is -0.116. The topological polar surface area (TPSA) is 99.8 Å². The Morgan fingerprint density at radius 2 is 1.91 bits per heavy atom. The number of aryl methyl sites for hydroxylation is 3. The maximum absolute atomic E-state index is 12.6. The number of ether oxygens (including phenoxy) is 1. The molecule has 32 heavy (non-hydrogen) atoms. The Morgan fingerprint density at radius 3 is 2.69 bits per heavy atom. The summed E-state index contributed by atoms with van der Waals surface area (Å²) in [5.41, 5.74) is 4.16. The number of nitrogens with one attached hydrogen (secondary N) is 1. The molecule has 4 rings (SSSR count). The fourth-order valence-corrected chi connectivity index (χ4v) is 3.40. The van der Waals surface area contributed by atoms with Crippen molar-refractivity contribution in [2.75, 3.05) is 12.4 Å². The molecule has 1 N–H and O–H groups in total. The molecule has 2 heterocycles. The summed E-state index contributed by atoms with van der Waals surface area (Å²) in [6.45, 7) is 4.57. The first kappa shape index (κ1) is 21.2. The van der Waals surface area contributed by atoms with Gasteiger partial charge in [-0.15, -0.1) is 5.10 Å². The Kier molecular flexibility index (Phi) is 6.25. The van der Waals surface area contributed by atoms with Gasteiger partial charge in [0.15, 0.2) is 5.82 Å². The zero-order valence-corrected chi connectivity index (χ0v) is 18.3. The molecule has 0 aliphatic heterocycles. The van der Waals surface area contributed by atoms with Gasteiger partial charge in [0.25, 0.3) is 0 Å². The highest BCUT2D eigenvalue weighted by Crippen LogP contribution is 2.17. The first-order valence-corrected chi connectivity index (χ1v) is 10.3. The summed E-state index contributed by atoms with van der Waals surface area (Å²) in [5, 5.41) is 19.3. The Bertz CT molecular complexity index is 1210. The van der Waals surface area contributed by atoms with E-state index in [1.165, 1.54) is 0 Å². The number of carbonyl (C=O) groups excluding carboxylic acids is 1. The van der Waals surface area contributed by atoms with Gasteiger partial charge in [0.05, 0.1) is 25.5 Å². The first-order valence-electron chi connectivity index (χ1n) is 10.3. The summed E-state index contributed by atoms with van der Waals surface area (Å²) in [6, 6.07) is 15.6. The monoisotopic (exact) mass is 431 g/mol. The van der Waals surface area contributed by atoms with E-state index in [4.69, 9.17) is 4.74 Å². The second kappa shape index (κ2) is 9.42. The van der Waals surface area contributed by atoms with Gasteiger partial charge in [-0.3, -0.25) is 4.79 Å². The van der Waals surface area contributed by atoms with Crippen LogP contribution in [0.1, 0.15) is 28.9 Å². The van der Waals surface area contributed by atoms with Crippen LogP contribution in [0.3, 0.4) is 0 Å². The number of anilines is 1. The largest absolute Gasteiger partial charge is 0.497 e. The van der Waals surface area contributed by atoms with E-state index in [-0.39, 0.29) is 12.3 Å². The Morgan fingerprint density at radius 1 is 1.09 bits per heavy atom. The van der Waals surface area contributed by atoms with Crippen molar-refractivity contribution in [3.8, 4) is 11.4 Å². The van der Waals surface area contributed by atoms with Gasteiger partial charge in [0.2, 0.25) is 5.91 Å². The van der Waals surface area contributed by atoms with Gasteiger partial charge in [-0.25, -0.2) is 4.68 Å². The first-order chi connectivity index (χ1) is 15.5. The number of benzene rings is 2. The molecule has 0 bridgehead atoms. The molecule has 0 radical (unpaired) electrons. The smallest absolute Gasteiger partial charge is 0.225 e. The lowest BCUT2D eigenvalue weighted by atomic mass is 10.1. The molecule has 0 unspecified atom stereocenters. The zero-order chi connectivity index (χ0) is 22.5. The van der Waals surface area contributed by atoms with Crippen molar-refractivity contribution in [2.24, 2.45) is 0 Å². The number of rotatable bonds is 8. The molecule has 9 nitrogen and oxygen atoms in total. The molecular weight excluding hydrogens is 406 g/mol. The van der Waals surface area contributed by atoms with Crippen LogP contribution in [0.15, 0.2) is 54.7 Å². The van der Waals surface area contributed by atoms with E-state index in [9.17, 15) is 4.79 Å². The number of amides is 1. The number of carbonyl (C=O) groups is 1. The molecule has 1 amide bonds. The van der Waals surface area contributed by atoms with Crippen LogP contribution in [-0.2, 0) is 17.8 Å². The standard InChI is InChI=1S/C23H25N7O2/c1-16-4-5-17(2)20(14-16)30-22(26-27-28-30)10-11-23(31)25-21-12-13-24-29(21)15-18-6-8-19(32-3)9-7-18/h4-9,12-14H,10-11,15H2,1-3H3,(H,25,31). The Labute approximate surface area is 186 Å². The minimum atomic E-state index is -0.128. The molecule has 0 spiro atoms. The Balaban J connectivity index is 1.39. The van der Waals surface area contributed by atoms with Gasteiger partial charge in [-0.2, -0.15) is 9.78 Å². The van der Waals surface area contributed by atoms with Gasteiger partial charge >= 0.3 is 0 Å². The molecule has 0 saturated heterocycles. The van der Waals surface area contributed by atoms with Crippen molar-refractivity contribution in [1.29, 1.82) is 0 Å². The average molecular weight is 432 g/mol. The summed E-state index contributed by atoms with van der Waals surface area (Å²) < 4.78 is 8.64. The SMILES string of the molecule is COc1ccc(Cn2nccc2NC(=O)CCc2nnnn2-c2cc(C)ccc2C)cc1. The molecule has 0 fully saturated rings. The quantitative estimate of drug-likeness (QED) is 0.460. The number of hydrogen-bond acceptors (Lipinski definition) is 6. The fraction of sp³-hybridized carbons (Fsp3) is 0.261. The molecule has 0 atom stereocenters. The van der Waals surface area contributed by atoms with Crippen LogP contribution in [0.2, 0.25) is 0 Å². The van der Waals surface area contributed by atoms with E-state index < -0.39 is 0 Å². The van der Waals surface area contributed by atoms with E-state index in [1.807, 2.05) is 56.3 Å². The van der Waals surface area contributed by atoms with Crippen LogP contribution in [0.25, 0.3) is 5.69 Å². The van der Waals surface area contributed by atoms with Gasteiger partial charge in [-0.1, -0.05) is 24.3 Å². The molecule has 4 aromatic rings. The average Bonchev–Trinajstić information content (AvgIpc) is 3.44. The number of tetrazole rings is 1. The highest BCUT2D eigenvalue weighted by molar-refractivity contribution is 5.89. The normalized spacial score (nSPS) is 10.8. The summed E-state index contributed by atoms with van der Waals surface area (Å²) in [7, 11) is 1.64. The summed E-state index contributed by atoms with van der Waals surface area (Å²) in [5.74, 6) is 1.95. The molecule has 2 aromatic carbocycles. The van der Waals surface area contributed by atoms with Crippen molar-refractivity contribution in [1.82, 2.24) is 30.0 Å². The van der Waals surface area contributed by atoms with E-state index in [1.54, 1.807) is 28.7 Å². The third-order valence-corrected chi connectivity index (χ3v) is 5.18. The van der Waals surface area contributed by atoms with Crippen molar-refractivity contribution >= 4 is 11.7 Å². The molecule has 164 valence electrons. The Hall–Kier alpha value is -4.01. The third-order valence-electron chi connectivity index (χ3n) is 5.18. The molecule has 0 aliphatic carbocycles. The van der Waals surface area contributed by atoms with Crippen LogP contribution in [0, 0.1) is 13.8 Å². The maximum atomic E-state index is 12.6. The molecule has 2 aromatic heterocycles. The lowest BCUT2D eigenvalue weighted by Crippen LogP contribution is -2.17. The van der Waals surface area contributed by atoms with Crippen LogP contribution in [-0.4, -0.2) is 43.0 Å².